The lowest BCUT2D eigenvalue weighted by Crippen LogP contribution is -1.99. The van der Waals surface area contributed by atoms with Crippen LogP contribution in [-0.4, -0.2) is 24.6 Å². The number of H-pyrrole nitrogens is 1. The van der Waals surface area contributed by atoms with Gasteiger partial charge in [-0.25, -0.2) is 13.4 Å². The number of sulfone groups is 1. The lowest BCUT2D eigenvalue weighted by molar-refractivity contribution is 0.598. The van der Waals surface area contributed by atoms with Crippen molar-refractivity contribution in [2.24, 2.45) is 0 Å². The summed E-state index contributed by atoms with van der Waals surface area (Å²) in [5, 5.41) is 0.121. The fourth-order valence-electron chi connectivity index (χ4n) is 1.56. The third-order valence-corrected chi connectivity index (χ3v) is 4.54. The number of imidazole rings is 1. The van der Waals surface area contributed by atoms with Crippen LogP contribution < -0.4 is 0 Å². The van der Waals surface area contributed by atoms with Crippen LogP contribution >= 0.6 is 22.9 Å². The lowest BCUT2D eigenvalue weighted by Gasteiger charge is -1.92. The molecule has 92 valence electrons. The number of thiophene rings is 1. The Hall–Kier alpha value is -0.850. The van der Waals surface area contributed by atoms with Crippen molar-refractivity contribution in [3.63, 3.8) is 0 Å². The predicted octanol–water partition coefficient (Wildman–Crippen LogP) is 2.43. The highest BCUT2D eigenvalue weighted by Gasteiger charge is 2.16. The van der Waals surface area contributed by atoms with Crippen LogP contribution in [0, 0.1) is 6.92 Å². The third kappa shape index (κ3) is 2.88. The van der Waals surface area contributed by atoms with Crippen molar-refractivity contribution in [2.75, 3.05) is 6.26 Å². The molecule has 2 rings (SSSR count). The summed E-state index contributed by atoms with van der Waals surface area (Å²) < 4.78 is 23.6. The quantitative estimate of drug-likeness (QED) is 0.944. The molecular formula is C10H11ClN2O2S2. The molecule has 0 bridgehead atoms. The van der Waals surface area contributed by atoms with Crippen molar-refractivity contribution in [1.29, 1.82) is 0 Å². The van der Waals surface area contributed by atoms with E-state index in [0.717, 1.165) is 11.1 Å². The van der Waals surface area contributed by atoms with Crippen LogP contribution in [0.25, 0.3) is 0 Å². The summed E-state index contributed by atoms with van der Waals surface area (Å²) in [4.78, 5) is 8.13. The highest BCUT2D eigenvalue weighted by Crippen LogP contribution is 2.23. The summed E-state index contributed by atoms with van der Waals surface area (Å²) in [6.07, 6.45) is 1.72. The van der Waals surface area contributed by atoms with E-state index < -0.39 is 9.84 Å². The molecule has 0 aliphatic rings. The Kier molecular flexibility index (Phi) is 3.29. The second-order valence-corrected chi connectivity index (χ2v) is 7.50. The van der Waals surface area contributed by atoms with Crippen LogP contribution in [0.2, 0.25) is 4.34 Å². The van der Waals surface area contributed by atoms with Gasteiger partial charge in [-0.3, -0.25) is 0 Å². The molecule has 0 atom stereocenters. The van der Waals surface area contributed by atoms with E-state index in [-0.39, 0.29) is 5.03 Å². The molecule has 2 aromatic heterocycles. The van der Waals surface area contributed by atoms with Gasteiger partial charge >= 0.3 is 0 Å². The Morgan fingerprint density at radius 3 is 2.65 bits per heavy atom. The molecule has 0 unspecified atom stereocenters. The third-order valence-electron chi connectivity index (χ3n) is 2.21. The van der Waals surface area contributed by atoms with Gasteiger partial charge in [0.05, 0.1) is 10.0 Å². The van der Waals surface area contributed by atoms with E-state index in [0.29, 0.717) is 22.3 Å². The van der Waals surface area contributed by atoms with E-state index in [1.54, 1.807) is 6.92 Å². The number of nitrogens with one attached hydrogen (secondary N) is 1. The molecule has 2 aromatic rings. The standard InChI is InChI=1S/C10H11ClN2O2S2/c1-6-10(17(2,14)15)13-9(12-6)5-7-3-4-8(11)16-7/h3-4H,5H2,1-2H3,(H,12,13). The average Bonchev–Trinajstić information content (AvgIpc) is 2.72. The van der Waals surface area contributed by atoms with E-state index in [1.165, 1.54) is 11.3 Å². The van der Waals surface area contributed by atoms with Crippen molar-refractivity contribution < 1.29 is 8.42 Å². The molecule has 2 heterocycles. The normalized spacial score (nSPS) is 11.9. The minimum atomic E-state index is -3.26. The van der Waals surface area contributed by atoms with Crippen molar-refractivity contribution in [2.45, 2.75) is 18.4 Å². The number of aromatic amines is 1. The molecule has 0 fully saturated rings. The van der Waals surface area contributed by atoms with E-state index in [2.05, 4.69) is 9.97 Å². The van der Waals surface area contributed by atoms with Gasteiger partial charge in [0, 0.05) is 17.6 Å². The molecular weight excluding hydrogens is 280 g/mol. The molecule has 1 N–H and O–H groups in total. The first-order valence-corrected chi connectivity index (χ1v) is 7.94. The molecule has 0 radical (unpaired) electrons. The molecule has 0 aromatic carbocycles. The number of halogens is 1. The molecule has 0 aliphatic carbocycles. The zero-order chi connectivity index (χ0) is 12.6. The van der Waals surface area contributed by atoms with Crippen molar-refractivity contribution in [3.8, 4) is 0 Å². The van der Waals surface area contributed by atoms with Crippen LogP contribution in [0.4, 0.5) is 0 Å². The summed E-state index contributed by atoms with van der Waals surface area (Å²) in [6, 6.07) is 3.72. The van der Waals surface area contributed by atoms with Gasteiger partial charge in [0.25, 0.3) is 0 Å². The zero-order valence-electron chi connectivity index (χ0n) is 9.32. The molecule has 0 spiro atoms. The van der Waals surface area contributed by atoms with E-state index in [9.17, 15) is 8.42 Å². The summed E-state index contributed by atoms with van der Waals surface area (Å²) in [5.74, 6) is 0.640. The maximum atomic E-state index is 11.4. The van der Waals surface area contributed by atoms with Gasteiger partial charge in [0.1, 0.15) is 5.82 Å². The smallest absolute Gasteiger partial charge is 0.194 e. The lowest BCUT2D eigenvalue weighted by atomic mass is 10.3. The maximum absolute atomic E-state index is 11.4. The second kappa shape index (κ2) is 4.44. The largest absolute Gasteiger partial charge is 0.345 e. The average molecular weight is 291 g/mol. The molecule has 0 aliphatic heterocycles. The summed E-state index contributed by atoms with van der Waals surface area (Å²) in [5.41, 5.74) is 0.574. The SMILES string of the molecule is Cc1[nH]c(Cc2ccc(Cl)s2)nc1S(C)(=O)=O. The van der Waals surface area contributed by atoms with Gasteiger partial charge in [-0.2, -0.15) is 0 Å². The number of hydrogen-bond donors (Lipinski definition) is 1. The predicted molar refractivity (Wildman–Crippen MR) is 68.6 cm³/mol. The Bertz CT molecular complexity index is 643. The highest BCUT2D eigenvalue weighted by molar-refractivity contribution is 7.90. The first-order valence-electron chi connectivity index (χ1n) is 4.86. The number of rotatable bonds is 3. The van der Waals surface area contributed by atoms with Crippen molar-refractivity contribution in [1.82, 2.24) is 9.97 Å². The fourth-order valence-corrected chi connectivity index (χ4v) is 3.54. The van der Waals surface area contributed by atoms with E-state index >= 15 is 0 Å². The minimum Gasteiger partial charge on any atom is -0.345 e. The number of nitrogens with zero attached hydrogens (tertiary/aromatic N) is 1. The Morgan fingerprint density at radius 2 is 2.18 bits per heavy atom. The number of aryl methyl sites for hydroxylation is 1. The molecule has 0 saturated heterocycles. The zero-order valence-corrected chi connectivity index (χ0v) is 11.7. The van der Waals surface area contributed by atoms with E-state index in [1.807, 2.05) is 12.1 Å². The maximum Gasteiger partial charge on any atom is 0.194 e. The van der Waals surface area contributed by atoms with Gasteiger partial charge in [0.15, 0.2) is 14.9 Å². The molecule has 4 nitrogen and oxygen atoms in total. The van der Waals surface area contributed by atoms with Gasteiger partial charge < -0.3 is 4.98 Å². The van der Waals surface area contributed by atoms with E-state index in [4.69, 9.17) is 11.6 Å². The van der Waals surface area contributed by atoms with Gasteiger partial charge in [-0.1, -0.05) is 11.6 Å². The molecule has 17 heavy (non-hydrogen) atoms. The number of hydrogen-bond acceptors (Lipinski definition) is 4. The topological polar surface area (TPSA) is 62.8 Å². The Balaban J connectivity index is 2.30. The van der Waals surface area contributed by atoms with Crippen molar-refractivity contribution >= 4 is 32.8 Å². The summed E-state index contributed by atoms with van der Waals surface area (Å²) >= 11 is 7.29. The Labute approximate surface area is 109 Å². The molecule has 7 heteroatoms. The van der Waals surface area contributed by atoms with Gasteiger partial charge in [0.2, 0.25) is 0 Å². The Morgan fingerprint density at radius 1 is 1.47 bits per heavy atom. The highest BCUT2D eigenvalue weighted by atomic mass is 35.5. The first-order chi connectivity index (χ1) is 7.86. The van der Waals surface area contributed by atoms with Crippen LogP contribution in [0.15, 0.2) is 17.2 Å². The molecule has 0 saturated carbocycles. The van der Waals surface area contributed by atoms with Crippen LogP contribution in [-0.2, 0) is 16.3 Å². The number of aromatic nitrogens is 2. The summed E-state index contributed by atoms with van der Waals surface area (Å²) in [6.45, 7) is 1.70. The minimum absolute atomic E-state index is 0.121. The van der Waals surface area contributed by atoms with Crippen LogP contribution in [0.3, 0.4) is 0 Å². The summed E-state index contributed by atoms with van der Waals surface area (Å²) in [7, 11) is -3.26. The first kappa shape index (κ1) is 12.6. The van der Waals surface area contributed by atoms with Crippen LogP contribution in [0.5, 0.6) is 0 Å². The van der Waals surface area contributed by atoms with Gasteiger partial charge in [-0.15, -0.1) is 11.3 Å². The second-order valence-electron chi connectivity index (χ2n) is 3.77. The fraction of sp³-hybridized carbons (Fsp3) is 0.300. The van der Waals surface area contributed by atoms with Crippen LogP contribution in [0.1, 0.15) is 16.4 Å². The molecule has 0 amide bonds. The van der Waals surface area contributed by atoms with Crippen molar-refractivity contribution in [3.05, 3.63) is 32.9 Å². The van der Waals surface area contributed by atoms with Gasteiger partial charge in [-0.05, 0) is 19.1 Å². The monoisotopic (exact) mass is 290 g/mol.